The zero-order chi connectivity index (χ0) is 20.2. The Labute approximate surface area is 169 Å². The predicted octanol–water partition coefficient (Wildman–Crippen LogP) is 4.96. The average Bonchev–Trinajstić information content (AvgIpc) is 3.33. The van der Waals surface area contributed by atoms with Gasteiger partial charge >= 0.3 is 0 Å². The molecule has 0 saturated heterocycles. The van der Waals surface area contributed by atoms with Crippen molar-refractivity contribution in [2.75, 3.05) is 5.32 Å². The Bertz CT molecular complexity index is 1220. The van der Waals surface area contributed by atoms with E-state index in [-0.39, 0.29) is 11.4 Å². The Kier molecular flexibility index (Phi) is 5.05. The summed E-state index contributed by atoms with van der Waals surface area (Å²) in [5.74, 6) is 0.312. The van der Waals surface area contributed by atoms with E-state index in [0.717, 1.165) is 5.56 Å². The van der Waals surface area contributed by atoms with Gasteiger partial charge in [-0.25, -0.2) is 9.38 Å². The molecule has 9 heteroatoms. The van der Waals surface area contributed by atoms with E-state index < -0.39 is 0 Å². The second-order valence-electron chi connectivity index (χ2n) is 6.00. The van der Waals surface area contributed by atoms with Gasteiger partial charge in [0.15, 0.2) is 11.6 Å². The molecular weight excluding hydrogens is 393 g/mol. The zero-order valence-corrected chi connectivity index (χ0v) is 15.6. The quantitative estimate of drug-likeness (QED) is 0.408. The van der Waals surface area contributed by atoms with Crippen LogP contribution in [0.3, 0.4) is 0 Å². The van der Waals surface area contributed by atoms with Crippen molar-refractivity contribution >= 4 is 35.1 Å². The molecule has 0 unspecified atom stereocenters. The maximum Gasteiger partial charge on any atom is 0.172 e. The summed E-state index contributed by atoms with van der Waals surface area (Å²) in [5.41, 5.74) is 2.99. The number of hydrogen-bond donors (Lipinski definition) is 3. The number of benzene rings is 2. The summed E-state index contributed by atoms with van der Waals surface area (Å²) in [6.07, 6.45) is 3.22. The highest BCUT2D eigenvalue weighted by molar-refractivity contribution is 6.30. The molecule has 2 aromatic heterocycles. The first-order chi connectivity index (χ1) is 14.1. The van der Waals surface area contributed by atoms with Gasteiger partial charge < -0.3 is 5.32 Å². The molecule has 0 spiro atoms. The Balaban J connectivity index is 1.60. The van der Waals surface area contributed by atoms with Gasteiger partial charge in [0.05, 0.1) is 0 Å². The second-order valence-corrected chi connectivity index (χ2v) is 6.43. The van der Waals surface area contributed by atoms with E-state index in [9.17, 15) is 9.65 Å². The first-order valence-corrected chi connectivity index (χ1v) is 8.86. The van der Waals surface area contributed by atoms with Crippen LogP contribution in [0, 0.1) is 17.1 Å². The molecule has 0 aliphatic heterocycles. The molecule has 0 fully saturated rings. The van der Waals surface area contributed by atoms with Crippen LogP contribution in [0.2, 0.25) is 5.02 Å². The minimum Gasteiger partial charge on any atom is -0.338 e. The summed E-state index contributed by atoms with van der Waals surface area (Å²) in [6.45, 7) is 0. The van der Waals surface area contributed by atoms with E-state index >= 15 is 0 Å². The summed E-state index contributed by atoms with van der Waals surface area (Å²) in [6, 6.07) is 15.2. The maximum atomic E-state index is 13.2. The molecule has 0 aliphatic carbocycles. The van der Waals surface area contributed by atoms with E-state index in [1.165, 1.54) is 12.1 Å². The molecule has 29 heavy (non-hydrogen) atoms. The van der Waals surface area contributed by atoms with Crippen LogP contribution in [0.15, 0.2) is 59.7 Å². The lowest BCUT2D eigenvalue weighted by atomic mass is 10.1. The average molecular weight is 406 g/mol. The molecule has 7 nitrogen and oxygen atoms in total. The standard InChI is InChI=1S/C20H13ClFN7/c21-14-2-1-3-16(8-14)26-20-17(9-23)19(28-29-20)24-10-13-11-25-27-18(13)12-4-6-15(22)7-5-12/h1-8,10-11H,(H,25,27)(H2,26,28,29)/b24-10+. The monoisotopic (exact) mass is 405 g/mol. The van der Waals surface area contributed by atoms with Crippen LogP contribution in [-0.4, -0.2) is 26.6 Å². The zero-order valence-electron chi connectivity index (χ0n) is 14.8. The highest BCUT2D eigenvalue weighted by atomic mass is 35.5. The molecule has 0 bridgehead atoms. The van der Waals surface area contributed by atoms with Crippen LogP contribution >= 0.6 is 11.6 Å². The number of aromatic nitrogens is 4. The number of anilines is 2. The van der Waals surface area contributed by atoms with E-state index in [1.54, 1.807) is 42.7 Å². The molecule has 0 atom stereocenters. The minimum atomic E-state index is -0.324. The Morgan fingerprint density at radius 1 is 1.17 bits per heavy atom. The second kappa shape index (κ2) is 7.96. The van der Waals surface area contributed by atoms with Crippen molar-refractivity contribution in [3.63, 3.8) is 0 Å². The van der Waals surface area contributed by atoms with Gasteiger partial charge in [-0.15, -0.1) is 0 Å². The molecule has 0 aliphatic rings. The third kappa shape index (κ3) is 4.00. The smallest absolute Gasteiger partial charge is 0.172 e. The first kappa shape index (κ1) is 18.4. The van der Waals surface area contributed by atoms with Crippen LogP contribution in [-0.2, 0) is 0 Å². The highest BCUT2D eigenvalue weighted by Gasteiger charge is 2.13. The molecule has 3 N–H and O–H groups in total. The molecule has 142 valence electrons. The van der Waals surface area contributed by atoms with Crippen molar-refractivity contribution in [1.82, 2.24) is 20.4 Å². The highest BCUT2D eigenvalue weighted by Crippen LogP contribution is 2.27. The molecule has 0 radical (unpaired) electrons. The molecule has 0 amide bonds. The summed E-state index contributed by atoms with van der Waals surface area (Å²) in [4.78, 5) is 4.34. The largest absolute Gasteiger partial charge is 0.338 e. The number of nitriles is 1. The van der Waals surface area contributed by atoms with Crippen molar-refractivity contribution in [3.8, 4) is 17.3 Å². The number of aliphatic imine (C=N–C) groups is 1. The third-order valence-electron chi connectivity index (χ3n) is 4.07. The fourth-order valence-electron chi connectivity index (χ4n) is 2.70. The summed E-state index contributed by atoms with van der Waals surface area (Å²) in [7, 11) is 0. The summed E-state index contributed by atoms with van der Waals surface area (Å²) >= 11 is 5.98. The van der Waals surface area contributed by atoms with Gasteiger partial charge in [-0.3, -0.25) is 10.2 Å². The van der Waals surface area contributed by atoms with Crippen molar-refractivity contribution in [2.24, 2.45) is 4.99 Å². The molecule has 4 rings (SSSR count). The van der Waals surface area contributed by atoms with E-state index in [1.807, 2.05) is 6.07 Å². The van der Waals surface area contributed by atoms with Gasteiger partial charge in [-0.2, -0.15) is 15.5 Å². The normalized spacial score (nSPS) is 10.9. The van der Waals surface area contributed by atoms with Crippen molar-refractivity contribution in [2.45, 2.75) is 0 Å². The van der Waals surface area contributed by atoms with Crippen LogP contribution < -0.4 is 5.32 Å². The number of nitrogens with zero attached hydrogens (tertiary/aromatic N) is 4. The maximum absolute atomic E-state index is 13.2. The van der Waals surface area contributed by atoms with Gasteiger partial charge in [0.2, 0.25) is 0 Å². The van der Waals surface area contributed by atoms with Gasteiger partial charge in [-0.1, -0.05) is 17.7 Å². The van der Waals surface area contributed by atoms with Crippen molar-refractivity contribution in [3.05, 3.63) is 76.7 Å². The van der Waals surface area contributed by atoms with E-state index in [0.29, 0.717) is 33.6 Å². The number of halogens is 2. The van der Waals surface area contributed by atoms with Gasteiger partial charge in [-0.05, 0) is 42.5 Å². The lowest BCUT2D eigenvalue weighted by Crippen LogP contribution is -1.92. The van der Waals surface area contributed by atoms with Crippen LogP contribution in [0.1, 0.15) is 11.1 Å². The topological polar surface area (TPSA) is 106 Å². The number of hydrogen-bond acceptors (Lipinski definition) is 5. The molecular formula is C20H13ClFN7. The first-order valence-electron chi connectivity index (χ1n) is 8.49. The SMILES string of the molecule is N#Cc1c(Nc2cccc(Cl)c2)n[nH]c1/N=C/c1c[nH]nc1-c1ccc(F)cc1. The number of aromatic amines is 2. The van der Waals surface area contributed by atoms with Gasteiger partial charge in [0.25, 0.3) is 0 Å². The Morgan fingerprint density at radius 3 is 2.76 bits per heavy atom. The van der Waals surface area contributed by atoms with Crippen LogP contribution in [0.5, 0.6) is 0 Å². The lowest BCUT2D eigenvalue weighted by Gasteiger charge is -2.03. The minimum absolute atomic E-state index is 0.257. The molecule has 2 aromatic carbocycles. The number of nitrogens with one attached hydrogen (secondary N) is 3. The lowest BCUT2D eigenvalue weighted by molar-refractivity contribution is 0.628. The van der Waals surface area contributed by atoms with E-state index in [4.69, 9.17) is 11.6 Å². The molecule has 2 heterocycles. The fraction of sp³-hybridized carbons (Fsp3) is 0. The van der Waals surface area contributed by atoms with Gasteiger partial charge in [0, 0.05) is 34.2 Å². The van der Waals surface area contributed by atoms with Gasteiger partial charge in [0.1, 0.15) is 23.1 Å². The fourth-order valence-corrected chi connectivity index (χ4v) is 2.89. The summed E-state index contributed by atoms with van der Waals surface area (Å²) < 4.78 is 13.2. The Morgan fingerprint density at radius 2 is 2.00 bits per heavy atom. The Hall–Kier alpha value is -3.96. The summed E-state index contributed by atoms with van der Waals surface area (Å²) in [5, 5.41) is 27.0. The van der Waals surface area contributed by atoms with Crippen LogP contribution in [0.4, 0.5) is 21.7 Å². The number of H-pyrrole nitrogens is 2. The van der Waals surface area contributed by atoms with Crippen molar-refractivity contribution < 1.29 is 4.39 Å². The third-order valence-corrected chi connectivity index (χ3v) is 4.30. The van der Waals surface area contributed by atoms with Crippen LogP contribution in [0.25, 0.3) is 11.3 Å². The number of rotatable bonds is 5. The molecule has 0 saturated carbocycles. The molecule has 4 aromatic rings. The van der Waals surface area contributed by atoms with Crippen molar-refractivity contribution in [1.29, 1.82) is 5.26 Å². The van der Waals surface area contributed by atoms with E-state index in [2.05, 4.69) is 36.8 Å². The predicted molar refractivity (Wildman–Crippen MR) is 109 cm³/mol.